The monoisotopic (exact) mass is 817 g/mol. The van der Waals surface area contributed by atoms with Gasteiger partial charge in [0.05, 0.1) is 21.6 Å². The van der Waals surface area contributed by atoms with Crippen LogP contribution in [0, 0.1) is 16.0 Å². The Morgan fingerprint density at radius 1 is 1.05 bits per heavy atom. The zero-order chi connectivity index (χ0) is 39.9. The van der Waals surface area contributed by atoms with Crippen LogP contribution in [0.15, 0.2) is 88.6 Å². The summed E-state index contributed by atoms with van der Waals surface area (Å²) in [5, 5.41) is 16.6. The molecule has 2 aromatic carbocycles. The number of carbonyl (C=O) groups is 1. The van der Waals surface area contributed by atoms with Crippen molar-refractivity contribution < 1.29 is 27.6 Å². The Labute approximate surface area is 337 Å². The van der Waals surface area contributed by atoms with Gasteiger partial charge in [-0.05, 0) is 93.7 Å². The summed E-state index contributed by atoms with van der Waals surface area (Å²) in [6.45, 7) is 9.73. The maximum atomic E-state index is 13.8. The van der Waals surface area contributed by atoms with E-state index in [0.29, 0.717) is 36.2 Å². The molecule has 2 aromatic heterocycles. The van der Waals surface area contributed by atoms with Gasteiger partial charge in [-0.1, -0.05) is 29.3 Å². The molecule has 2 aliphatic heterocycles. The second-order valence-corrected chi connectivity index (χ2v) is 17.1. The van der Waals surface area contributed by atoms with Gasteiger partial charge in [-0.25, -0.2) is 18.1 Å². The molecule has 14 nitrogen and oxygen atoms in total. The van der Waals surface area contributed by atoms with Crippen LogP contribution < -0.4 is 19.7 Å². The van der Waals surface area contributed by atoms with Crippen LogP contribution >= 0.6 is 11.6 Å². The number of piperazine rings is 1. The van der Waals surface area contributed by atoms with Gasteiger partial charge in [-0.15, -0.1) is 0 Å². The predicted octanol–water partition coefficient (Wildman–Crippen LogP) is 7.75. The number of sulfonamides is 1. The van der Waals surface area contributed by atoms with E-state index in [1.165, 1.54) is 42.3 Å². The molecule has 4 aromatic rings. The van der Waals surface area contributed by atoms with E-state index in [2.05, 4.69) is 36.4 Å². The van der Waals surface area contributed by atoms with Crippen molar-refractivity contribution >= 4 is 55.6 Å². The second kappa shape index (κ2) is 18.1. The first-order valence-electron chi connectivity index (χ1n) is 19.4. The summed E-state index contributed by atoms with van der Waals surface area (Å²) in [5.74, 6) is -0.179. The molecule has 2 fully saturated rings. The van der Waals surface area contributed by atoms with Crippen LogP contribution in [0.3, 0.4) is 0 Å². The number of rotatable bonds is 15. The van der Waals surface area contributed by atoms with Crippen LogP contribution in [0.4, 0.5) is 17.1 Å². The van der Waals surface area contributed by atoms with Crippen molar-refractivity contribution in [1.82, 2.24) is 19.6 Å². The fourth-order valence-electron chi connectivity index (χ4n) is 7.75. The number of hydrogen-bond donors (Lipinski definition) is 3. The summed E-state index contributed by atoms with van der Waals surface area (Å²) in [6, 6.07) is 12.2. The van der Waals surface area contributed by atoms with Gasteiger partial charge in [0.2, 0.25) is 0 Å². The molecule has 3 N–H and O–H groups in total. The summed E-state index contributed by atoms with van der Waals surface area (Å²) >= 11 is 6.09. The number of aromatic nitrogens is 2. The lowest BCUT2D eigenvalue weighted by molar-refractivity contribution is -0.384. The molecule has 1 amide bonds. The number of benzene rings is 2. The fraction of sp³-hybridized carbons (Fsp3) is 0.415. The highest BCUT2D eigenvalue weighted by Gasteiger charge is 2.28. The molecular formula is C41H48ClN7O7S. The molecule has 0 unspecified atom stereocenters. The number of H-pyrrole nitrogens is 1. The van der Waals surface area contributed by atoms with Crippen molar-refractivity contribution in [2.24, 2.45) is 5.92 Å². The Hall–Kier alpha value is -4.96. The molecule has 57 heavy (non-hydrogen) atoms. The number of ether oxygens (including phenoxy) is 2. The third-order valence-electron chi connectivity index (χ3n) is 11.0. The van der Waals surface area contributed by atoms with Crippen LogP contribution in [0.2, 0.25) is 0 Å². The van der Waals surface area contributed by atoms with Crippen LogP contribution in [0.1, 0.15) is 61.7 Å². The quantitative estimate of drug-likeness (QED) is 0.0609. The third kappa shape index (κ3) is 10.1. The second-order valence-electron chi connectivity index (χ2n) is 14.9. The Morgan fingerprint density at radius 3 is 2.58 bits per heavy atom. The largest absolute Gasteiger partial charge is 0.455 e. The van der Waals surface area contributed by atoms with E-state index in [1.807, 2.05) is 6.07 Å². The number of nitro groups is 1. The van der Waals surface area contributed by atoms with Crippen molar-refractivity contribution in [2.75, 3.05) is 62.7 Å². The van der Waals surface area contributed by atoms with Crippen molar-refractivity contribution in [1.29, 1.82) is 0 Å². The predicted molar refractivity (Wildman–Crippen MR) is 221 cm³/mol. The number of nitro benzene ring substituents is 1. The summed E-state index contributed by atoms with van der Waals surface area (Å²) in [4.78, 5) is 36.9. The zero-order valence-electron chi connectivity index (χ0n) is 31.8. The lowest BCUT2D eigenvalue weighted by atomic mass is 9.88. The third-order valence-corrected chi connectivity index (χ3v) is 12.5. The molecule has 0 saturated carbocycles. The number of amides is 1. The number of nitrogens with one attached hydrogen (secondary N) is 3. The van der Waals surface area contributed by atoms with Gasteiger partial charge in [-0.3, -0.25) is 19.8 Å². The normalized spacial score (nSPS) is 17.1. The molecule has 3 aliphatic rings. The number of halogens is 1. The standard InChI is InChI=1S/C41H48ClN7O7S/c1-28(42)6-7-30-4-2-3-5-32(30)27-47-16-18-48(19-17-47)33-8-10-36(39(23-33)56-34-22-31-12-15-43-40(31)45-26-34)41(50)46-57(53,54)35-9-11-37(38(24-35)49(51)52)44-25-29-13-20-55-21-14-29/h8-12,15,22-24,26,29,44H,1-7,13-14,16-21,25,27H2,(H,43,45)(H,46,50). The van der Waals surface area contributed by atoms with Crippen molar-refractivity contribution in [3.05, 3.63) is 99.4 Å². The van der Waals surface area contributed by atoms with Crippen LogP contribution in [0.5, 0.6) is 11.5 Å². The van der Waals surface area contributed by atoms with E-state index < -0.39 is 31.4 Å². The molecule has 4 heterocycles. The van der Waals surface area contributed by atoms with Crippen LogP contribution in [-0.2, 0) is 14.8 Å². The van der Waals surface area contributed by atoms with Gasteiger partial charge in [0.1, 0.15) is 22.8 Å². The number of hydrogen-bond acceptors (Lipinski definition) is 11. The first-order valence-corrected chi connectivity index (χ1v) is 21.3. The van der Waals surface area contributed by atoms with Crippen molar-refractivity contribution in [2.45, 2.75) is 56.3 Å². The van der Waals surface area contributed by atoms with Gasteiger partial charge >= 0.3 is 0 Å². The molecule has 16 heteroatoms. The van der Waals surface area contributed by atoms with Gasteiger partial charge in [0, 0.05) is 86.9 Å². The number of fused-ring (bicyclic) bond motifs is 1. The Bertz CT molecular complexity index is 2260. The van der Waals surface area contributed by atoms with Gasteiger partial charge in [0.25, 0.3) is 21.6 Å². The molecule has 0 atom stereocenters. The summed E-state index contributed by atoms with van der Waals surface area (Å²) < 4.78 is 41.0. The van der Waals surface area contributed by atoms with E-state index in [-0.39, 0.29) is 22.9 Å². The average molecular weight is 818 g/mol. The van der Waals surface area contributed by atoms with E-state index in [9.17, 15) is 23.3 Å². The van der Waals surface area contributed by atoms with Gasteiger partial charge < -0.3 is 24.7 Å². The first kappa shape index (κ1) is 40.2. The Balaban J connectivity index is 1.08. The first-order chi connectivity index (χ1) is 27.5. The Kier molecular flexibility index (Phi) is 12.8. The number of anilines is 2. The number of nitrogens with zero attached hydrogens (tertiary/aromatic N) is 4. The minimum absolute atomic E-state index is 0.0317. The number of aromatic amines is 1. The fourth-order valence-corrected chi connectivity index (χ4v) is 8.83. The topological polar surface area (TPSA) is 172 Å². The van der Waals surface area contributed by atoms with E-state index in [4.69, 9.17) is 21.1 Å². The Morgan fingerprint density at radius 2 is 1.82 bits per heavy atom. The molecule has 0 radical (unpaired) electrons. The summed E-state index contributed by atoms with van der Waals surface area (Å²) in [7, 11) is -4.54. The number of pyridine rings is 1. The van der Waals surface area contributed by atoms with E-state index >= 15 is 0 Å². The maximum Gasteiger partial charge on any atom is 0.293 e. The van der Waals surface area contributed by atoms with Crippen molar-refractivity contribution in [3.63, 3.8) is 0 Å². The smallest absolute Gasteiger partial charge is 0.293 e. The van der Waals surface area contributed by atoms with Crippen molar-refractivity contribution in [3.8, 4) is 11.5 Å². The molecule has 0 spiro atoms. The SMILES string of the molecule is C=C(Cl)CCC1=C(CN2CCN(c3ccc(C(=O)NS(=O)(=O)c4ccc(NCC5CCOCC5)c([N+](=O)[O-])c4)c(Oc4cnc5[nH]ccc5c4)c3)CC2)CCCC1. The zero-order valence-corrected chi connectivity index (χ0v) is 33.4. The molecule has 1 aliphatic carbocycles. The molecule has 2 saturated heterocycles. The highest BCUT2D eigenvalue weighted by atomic mass is 35.5. The van der Waals surface area contributed by atoms with E-state index in [1.54, 1.807) is 30.5 Å². The van der Waals surface area contributed by atoms with Crippen LogP contribution in [0.25, 0.3) is 11.0 Å². The number of carbonyl (C=O) groups excluding carboxylic acids is 1. The summed E-state index contributed by atoms with van der Waals surface area (Å²) in [6.07, 6.45) is 11.4. The minimum Gasteiger partial charge on any atom is -0.455 e. The molecule has 302 valence electrons. The lowest BCUT2D eigenvalue weighted by Crippen LogP contribution is -2.47. The minimum atomic E-state index is -4.54. The van der Waals surface area contributed by atoms with Crippen LogP contribution in [-0.4, -0.2) is 86.6 Å². The highest BCUT2D eigenvalue weighted by Crippen LogP contribution is 2.34. The molecule has 7 rings (SSSR count). The van der Waals surface area contributed by atoms with Gasteiger partial charge in [0.15, 0.2) is 0 Å². The average Bonchev–Trinajstić information content (AvgIpc) is 3.68. The van der Waals surface area contributed by atoms with Gasteiger partial charge in [-0.2, -0.15) is 0 Å². The molecular weight excluding hydrogens is 770 g/mol. The molecule has 0 bridgehead atoms. The van der Waals surface area contributed by atoms with E-state index in [0.717, 1.165) is 88.4 Å². The highest BCUT2D eigenvalue weighted by molar-refractivity contribution is 7.90. The summed E-state index contributed by atoms with van der Waals surface area (Å²) in [5.41, 5.74) is 4.28. The lowest BCUT2D eigenvalue weighted by Gasteiger charge is -2.37. The number of allylic oxidation sites excluding steroid dienone is 2. The maximum absolute atomic E-state index is 13.8.